The molecule has 0 spiro atoms. The van der Waals surface area contributed by atoms with E-state index in [1.165, 1.54) is 0 Å². The highest BCUT2D eigenvalue weighted by molar-refractivity contribution is 5.77. The third-order valence-electron chi connectivity index (χ3n) is 4.86. The van der Waals surface area contributed by atoms with Gasteiger partial charge < -0.3 is 14.1 Å². The second-order valence-electron chi connectivity index (χ2n) is 6.54. The second-order valence-corrected chi connectivity index (χ2v) is 6.54. The molecule has 4 rings (SSSR count). The Hall–Kier alpha value is -1.88. The summed E-state index contributed by atoms with van der Waals surface area (Å²) in [6.45, 7) is 2.34. The number of hydrogen-bond acceptors (Lipinski definition) is 4. The molecule has 0 aliphatic carbocycles. The SMILES string of the molecule is O=C(CC1CCCO1)N1CCCC(c2nc3ccccc3o2)C1. The molecule has 3 heterocycles. The molecule has 122 valence electrons. The van der Waals surface area contributed by atoms with E-state index in [2.05, 4.69) is 4.98 Å². The molecule has 5 nitrogen and oxygen atoms in total. The summed E-state index contributed by atoms with van der Waals surface area (Å²) in [5.74, 6) is 1.17. The maximum absolute atomic E-state index is 12.5. The van der Waals surface area contributed by atoms with E-state index in [-0.39, 0.29) is 17.9 Å². The van der Waals surface area contributed by atoms with Crippen LogP contribution in [0.5, 0.6) is 0 Å². The van der Waals surface area contributed by atoms with Gasteiger partial charge in [-0.15, -0.1) is 0 Å². The number of rotatable bonds is 3. The summed E-state index contributed by atoms with van der Waals surface area (Å²) in [5, 5.41) is 0. The van der Waals surface area contributed by atoms with Crippen LogP contribution in [0, 0.1) is 0 Å². The van der Waals surface area contributed by atoms with Gasteiger partial charge in [0.2, 0.25) is 5.91 Å². The van der Waals surface area contributed by atoms with Gasteiger partial charge >= 0.3 is 0 Å². The molecular weight excluding hydrogens is 292 g/mol. The van der Waals surface area contributed by atoms with Crippen molar-refractivity contribution in [3.8, 4) is 0 Å². The van der Waals surface area contributed by atoms with Crippen molar-refractivity contribution in [2.75, 3.05) is 19.7 Å². The zero-order chi connectivity index (χ0) is 15.6. The van der Waals surface area contributed by atoms with Crippen LogP contribution in [0.15, 0.2) is 28.7 Å². The summed E-state index contributed by atoms with van der Waals surface area (Å²) in [7, 11) is 0. The first-order valence-electron chi connectivity index (χ1n) is 8.54. The Balaban J connectivity index is 1.44. The molecular formula is C18H22N2O3. The summed E-state index contributed by atoms with van der Waals surface area (Å²) in [5.41, 5.74) is 1.72. The van der Waals surface area contributed by atoms with Gasteiger partial charge in [0.1, 0.15) is 5.52 Å². The lowest BCUT2D eigenvalue weighted by Crippen LogP contribution is -2.40. The van der Waals surface area contributed by atoms with Crippen LogP contribution >= 0.6 is 0 Å². The van der Waals surface area contributed by atoms with E-state index < -0.39 is 0 Å². The summed E-state index contributed by atoms with van der Waals surface area (Å²) in [6, 6.07) is 7.82. The van der Waals surface area contributed by atoms with Crippen LogP contribution in [-0.4, -0.2) is 41.6 Å². The normalized spacial score (nSPS) is 25.1. The summed E-state index contributed by atoms with van der Waals surface area (Å²) >= 11 is 0. The molecule has 2 aliphatic heterocycles. The molecule has 0 N–H and O–H groups in total. The first-order valence-corrected chi connectivity index (χ1v) is 8.54. The molecule has 2 saturated heterocycles. The number of oxazole rings is 1. The number of likely N-dealkylation sites (tertiary alicyclic amines) is 1. The Labute approximate surface area is 135 Å². The number of hydrogen-bond donors (Lipinski definition) is 0. The maximum atomic E-state index is 12.5. The molecule has 1 aromatic heterocycles. The number of benzene rings is 1. The maximum Gasteiger partial charge on any atom is 0.225 e. The van der Waals surface area contributed by atoms with Gasteiger partial charge in [0.25, 0.3) is 0 Å². The summed E-state index contributed by atoms with van der Waals surface area (Å²) in [4.78, 5) is 19.1. The lowest BCUT2D eigenvalue weighted by Gasteiger charge is -2.32. The van der Waals surface area contributed by atoms with Gasteiger partial charge in [0, 0.05) is 19.7 Å². The van der Waals surface area contributed by atoms with E-state index >= 15 is 0 Å². The van der Waals surface area contributed by atoms with Crippen molar-refractivity contribution < 1.29 is 13.9 Å². The highest BCUT2D eigenvalue weighted by atomic mass is 16.5. The van der Waals surface area contributed by atoms with Gasteiger partial charge in [0.15, 0.2) is 11.5 Å². The predicted octanol–water partition coefficient (Wildman–Crippen LogP) is 3.10. The quantitative estimate of drug-likeness (QED) is 0.873. The molecule has 1 amide bonds. The molecule has 5 heteroatoms. The van der Waals surface area contributed by atoms with E-state index in [9.17, 15) is 4.79 Å². The minimum atomic E-state index is 0.118. The van der Waals surface area contributed by atoms with Gasteiger partial charge in [-0.2, -0.15) is 0 Å². The number of ether oxygens (including phenoxy) is 1. The third kappa shape index (κ3) is 3.11. The average molecular weight is 314 g/mol. The number of amides is 1. The summed E-state index contributed by atoms with van der Waals surface area (Å²) < 4.78 is 11.5. The van der Waals surface area contributed by atoms with Crippen molar-refractivity contribution in [2.45, 2.75) is 44.1 Å². The Kier molecular flexibility index (Phi) is 4.04. The molecule has 1 aromatic carbocycles. The molecule has 2 atom stereocenters. The van der Waals surface area contributed by atoms with E-state index in [1.807, 2.05) is 29.2 Å². The van der Waals surface area contributed by atoms with Crippen LogP contribution < -0.4 is 0 Å². The van der Waals surface area contributed by atoms with Gasteiger partial charge in [-0.05, 0) is 37.8 Å². The molecule has 23 heavy (non-hydrogen) atoms. The number of carbonyl (C=O) groups is 1. The fourth-order valence-corrected chi connectivity index (χ4v) is 3.60. The van der Waals surface area contributed by atoms with Crippen molar-refractivity contribution in [3.63, 3.8) is 0 Å². The predicted molar refractivity (Wildman–Crippen MR) is 86.2 cm³/mol. The fraction of sp³-hybridized carbons (Fsp3) is 0.556. The van der Waals surface area contributed by atoms with E-state index in [1.54, 1.807) is 0 Å². The molecule has 2 unspecified atom stereocenters. The monoisotopic (exact) mass is 314 g/mol. The minimum absolute atomic E-state index is 0.118. The molecule has 2 fully saturated rings. The van der Waals surface area contributed by atoms with E-state index in [0.717, 1.165) is 55.8 Å². The zero-order valence-corrected chi connectivity index (χ0v) is 13.2. The van der Waals surface area contributed by atoms with Crippen molar-refractivity contribution in [1.29, 1.82) is 0 Å². The number of nitrogens with zero attached hydrogens (tertiary/aromatic N) is 2. The van der Waals surface area contributed by atoms with Crippen molar-refractivity contribution in [2.24, 2.45) is 0 Å². The highest BCUT2D eigenvalue weighted by Crippen LogP contribution is 2.29. The Bertz CT molecular complexity index is 657. The zero-order valence-electron chi connectivity index (χ0n) is 13.2. The van der Waals surface area contributed by atoms with Crippen molar-refractivity contribution >= 4 is 17.0 Å². The number of carbonyl (C=O) groups excluding carboxylic acids is 1. The van der Waals surface area contributed by atoms with Crippen LogP contribution in [0.1, 0.15) is 43.9 Å². The molecule has 0 bridgehead atoms. The van der Waals surface area contributed by atoms with Crippen LogP contribution in [-0.2, 0) is 9.53 Å². The molecule has 0 saturated carbocycles. The third-order valence-corrected chi connectivity index (χ3v) is 4.86. The second kappa shape index (κ2) is 6.32. The number of aromatic nitrogens is 1. The number of fused-ring (bicyclic) bond motifs is 1. The number of piperidine rings is 1. The van der Waals surface area contributed by atoms with Gasteiger partial charge in [-0.1, -0.05) is 12.1 Å². The first-order chi connectivity index (χ1) is 11.3. The van der Waals surface area contributed by atoms with Crippen molar-refractivity contribution in [1.82, 2.24) is 9.88 Å². The van der Waals surface area contributed by atoms with E-state index in [4.69, 9.17) is 9.15 Å². The standard InChI is InChI=1S/C18H22N2O3/c21-17(11-14-6-4-10-22-14)20-9-3-5-13(12-20)18-19-15-7-1-2-8-16(15)23-18/h1-2,7-8,13-14H,3-6,9-12H2. The van der Waals surface area contributed by atoms with Gasteiger partial charge in [-0.3, -0.25) is 4.79 Å². The van der Waals surface area contributed by atoms with Crippen molar-refractivity contribution in [3.05, 3.63) is 30.2 Å². The lowest BCUT2D eigenvalue weighted by molar-refractivity contribution is -0.134. The Morgan fingerprint density at radius 3 is 3.00 bits per heavy atom. The average Bonchev–Trinajstić information content (AvgIpc) is 3.24. The fourth-order valence-electron chi connectivity index (χ4n) is 3.60. The van der Waals surface area contributed by atoms with Crippen LogP contribution in [0.4, 0.5) is 0 Å². The Morgan fingerprint density at radius 2 is 2.17 bits per heavy atom. The molecule has 0 radical (unpaired) electrons. The van der Waals surface area contributed by atoms with Crippen LogP contribution in [0.2, 0.25) is 0 Å². The minimum Gasteiger partial charge on any atom is -0.440 e. The Morgan fingerprint density at radius 1 is 1.26 bits per heavy atom. The largest absolute Gasteiger partial charge is 0.440 e. The van der Waals surface area contributed by atoms with Gasteiger partial charge in [-0.25, -0.2) is 4.98 Å². The lowest BCUT2D eigenvalue weighted by atomic mass is 9.97. The summed E-state index contributed by atoms with van der Waals surface area (Å²) in [6.07, 6.45) is 4.74. The van der Waals surface area contributed by atoms with Gasteiger partial charge in [0.05, 0.1) is 18.4 Å². The molecule has 2 aliphatic rings. The topological polar surface area (TPSA) is 55.6 Å². The van der Waals surface area contributed by atoms with Crippen LogP contribution in [0.3, 0.4) is 0 Å². The van der Waals surface area contributed by atoms with Crippen LogP contribution in [0.25, 0.3) is 11.1 Å². The first kappa shape index (κ1) is 14.7. The molecule has 2 aromatic rings. The number of para-hydroxylation sites is 2. The smallest absolute Gasteiger partial charge is 0.225 e. The van der Waals surface area contributed by atoms with E-state index in [0.29, 0.717) is 13.0 Å². The highest BCUT2D eigenvalue weighted by Gasteiger charge is 2.30.